The summed E-state index contributed by atoms with van der Waals surface area (Å²) in [5, 5.41) is 8.85. The maximum atomic E-state index is 14.4. The van der Waals surface area contributed by atoms with E-state index in [4.69, 9.17) is 11.6 Å². The van der Waals surface area contributed by atoms with Gasteiger partial charge in [0.1, 0.15) is 17.8 Å². The number of aryl methyl sites for hydroxylation is 1. The molecule has 3 unspecified atom stereocenters. The molecule has 0 aliphatic heterocycles. The maximum absolute atomic E-state index is 14.4. The maximum Gasteiger partial charge on any atom is 0.254 e. The highest BCUT2D eigenvalue weighted by Gasteiger charge is 2.51. The molecule has 2 aliphatic rings. The van der Waals surface area contributed by atoms with Crippen LogP contribution in [0, 0.1) is 11.2 Å². The molecule has 0 bridgehead atoms. The van der Waals surface area contributed by atoms with Gasteiger partial charge in [-0.15, -0.1) is 5.10 Å². The average molecular weight is 616 g/mol. The summed E-state index contributed by atoms with van der Waals surface area (Å²) < 4.78 is 59.0. The Balaban J connectivity index is 1.43. The Labute approximate surface area is 246 Å². The third-order valence-electron chi connectivity index (χ3n) is 7.77. The van der Waals surface area contributed by atoms with Crippen LogP contribution in [0.3, 0.4) is 0 Å². The van der Waals surface area contributed by atoms with E-state index < -0.39 is 35.4 Å². The minimum absolute atomic E-state index is 0.0807. The topological polar surface area (TPSA) is 98.8 Å². The van der Waals surface area contributed by atoms with Crippen molar-refractivity contribution >= 4 is 34.4 Å². The van der Waals surface area contributed by atoms with E-state index in [1.54, 1.807) is 36.1 Å². The van der Waals surface area contributed by atoms with Gasteiger partial charge in [-0.05, 0) is 73.7 Å². The summed E-state index contributed by atoms with van der Waals surface area (Å²) in [5.41, 5.74) is 1.93. The molecular weight excluding hydrogens is 591 g/mol. The molecule has 1 aromatic carbocycles. The van der Waals surface area contributed by atoms with Gasteiger partial charge in [0.05, 0.1) is 29.5 Å². The highest BCUT2D eigenvalue weighted by molar-refractivity contribution is 7.82. The minimum Gasteiger partial charge on any atom is -0.291 e. The van der Waals surface area contributed by atoms with Crippen molar-refractivity contribution in [2.45, 2.75) is 43.3 Å². The van der Waals surface area contributed by atoms with Crippen LogP contribution >= 0.6 is 11.6 Å². The van der Waals surface area contributed by atoms with Crippen molar-refractivity contribution in [3.63, 3.8) is 0 Å². The molecule has 6 rings (SSSR count). The number of pyridine rings is 1. The van der Waals surface area contributed by atoms with Gasteiger partial charge in [0.2, 0.25) is 0 Å². The van der Waals surface area contributed by atoms with Crippen molar-refractivity contribution in [3.8, 4) is 5.69 Å². The number of aromatic nitrogens is 6. The number of Topliss-reactive ketones (excluding diaryl/α,β-unsaturated/α-hetero) is 1. The second-order valence-corrected chi connectivity index (χ2v) is 12.2. The van der Waals surface area contributed by atoms with Crippen LogP contribution in [0.4, 0.5) is 13.2 Å². The second kappa shape index (κ2) is 11.2. The standard InChI is InChI=1S/C28H25ClF3N7O2S/c1-37-16-34-27(36-37)42(41)38(15-25(31)32)22-5-2-18-10-24-17(14-35-39(24)21-6-3-20(30)4-7-21)12-28(18,13-22)26(40)23-11-19(29)8-9-33-23/h3-4,6-11,14,16,22,25H,2,5,12-13,15H2,1H3. The van der Waals surface area contributed by atoms with Crippen LogP contribution in [0.25, 0.3) is 11.8 Å². The van der Waals surface area contributed by atoms with Crippen molar-refractivity contribution in [3.05, 3.63) is 88.5 Å². The first-order valence-corrected chi connectivity index (χ1v) is 14.7. The molecule has 218 valence electrons. The predicted molar refractivity (Wildman–Crippen MR) is 149 cm³/mol. The Kier molecular flexibility index (Phi) is 7.58. The van der Waals surface area contributed by atoms with Gasteiger partial charge >= 0.3 is 0 Å². The zero-order valence-corrected chi connectivity index (χ0v) is 23.9. The van der Waals surface area contributed by atoms with Gasteiger partial charge in [-0.25, -0.2) is 31.4 Å². The summed E-state index contributed by atoms with van der Waals surface area (Å²) >= 11 is 6.22. The Bertz CT molecular complexity index is 1710. The third kappa shape index (κ3) is 5.20. The number of rotatable bonds is 8. The number of nitrogens with zero attached hydrogens (tertiary/aromatic N) is 7. The molecular formula is C28H25ClF3N7O2S. The third-order valence-corrected chi connectivity index (χ3v) is 9.38. The van der Waals surface area contributed by atoms with Crippen molar-refractivity contribution in [1.82, 2.24) is 33.8 Å². The normalized spacial score (nSPS) is 20.7. The fourth-order valence-corrected chi connectivity index (χ4v) is 7.29. The molecule has 0 N–H and O–H groups in total. The zero-order chi connectivity index (χ0) is 29.6. The number of alkyl halides is 2. The van der Waals surface area contributed by atoms with Gasteiger partial charge in [0.25, 0.3) is 11.6 Å². The van der Waals surface area contributed by atoms with E-state index in [1.165, 1.54) is 39.7 Å². The number of ketones is 1. The molecule has 3 heterocycles. The number of benzene rings is 1. The molecule has 0 spiro atoms. The fraction of sp³-hybridized carbons (Fsp3) is 0.321. The van der Waals surface area contributed by atoms with Gasteiger partial charge in [0.15, 0.2) is 16.8 Å². The van der Waals surface area contributed by atoms with E-state index in [0.29, 0.717) is 23.6 Å². The van der Waals surface area contributed by atoms with Gasteiger partial charge < -0.3 is 0 Å². The van der Waals surface area contributed by atoms with Crippen LogP contribution in [0.1, 0.15) is 41.0 Å². The van der Waals surface area contributed by atoms with Crippen LogP contribution in [0.5, 0.6) is 0 Å². The van der Waals surface area contributed by atoms with Gasteiger partial charge in [-0.2, -0.15) is 5.10 Å². The van der Waals surface area contributed by atoms with Crippen molar-refractivity contribution in [2.24, 2.45) is 12.5 Å². The molecule has 0 saturated heterocycles. The number of carbonyl (C=O) groups excluding carboxylic acids is 1. The molecule has 0 amide bonds. The molecule has 9 nitrogen and oxygen atoms in total. The zero-order valence-electron chi connectivity index (χ0n) is 22.3. The van der Waals surface area contributed by atoms with E-state index in [0.717, 1.165) is 16.8 Å². The quantitative estimate of drug-likeness (QED) is 0.263. The van der Waals surface area contributed by atoms with Crippen LogP contribution in [-0.4, -0.2) is 62.8 Å². The van der Waals surface area contributed by atoms with Gasteiger partial charge in [-0.1, -0.05) is 17.2 Å². The van der Waals surface area contributed by atoms with E-state index in [1.807, 2.05) is 6.08 Å². The number of carbonyl (C=O) groups is 1. The van der Waals surface area contributed by atoms with Crippen LogP contribution in [0.2, 0.25) is 5.02 Å². The summed E-state index contributed by atoms with van der Waals surface area (Å²) in [6.45, 7) is -0.776. The first kappa shape index (κ1) is 28.4. The lowest BCUT2D eigenvalue weighted by Gasteiger charge is -2.46. The van der Waals surface area contributed by atoms with E-state index >= 15 is 0 Å². The number of halogens is 4. The van der Waals surface area contributed by atoms with E-state index in [2.05, 4.69) is 20.2 Å². The van der Waals surface area contributed by atoms with Crippen molar-refractivity contribution in [1.29, 1.82) is 0 Å². The first-order valence-electron chi connectivity index (χ1n) is 13.2. The number of hydrogen-bond donors (Lipinski definition) is 0. The van der Waals surface area contributed by atoms with Crippen molar-refractivity contribution in [2.75, 3.05) is 6.54 Å². The van der Waals surface area contributed by atoms with Crippen molar-refractivity contribution < 1.29 is 22.2 Å². The van der Waals surface area contributed by atoms with Crippen LogP contribution in [-0.2, 0) is 24.5 Å². The lowest BCUT2D eigenvalue weighted by atomic mass is 9.60. The highest BCUT2D eigenvalue weighted by Crippen LogP contribution is 2.51. The molecule has 14 heteroatoms. The second-order valence-electron chi connectivity index (χ2n) is 10.4. The number of hydrogen-bond acceptors (Lipinski definition) is 6. The first-order chi connectivity index (χ1) is 20.1. The Morgan fingerprint density at radius 2 is 2.02 bits per heavy atom. The van der Waals surface area contributed by atoms with Gasteiger partial charge in [-0.3, -0.25) is 14.5 Å². The van der Waals surface area contributed by atoms with Gasteiger partial charge in [0, 0.05) is 24.3 Å². The molecule has 2 aliphatic carbocycles. The lowest BCUT2D eigenvalue weighted by molar-refractivity contribution is 0.0667. The Morgan fingerprint density at radius 1 is 1.24 bits per heavy atom. The molecule has 1 fully saturated rings. The van der Waals surface area contributed by atoms with E-state index in [9.17, 15) is 22.2 Å². The molecule has 3 atom stereocenters. The fourth-order valence-electron chi connectivity index (χ4n) is 5.88. The van der Waals surface area contributed by atoms with Crippen LogP contribution in [0.15, 0.2) is 65.8 Å². The molecule has 42 heavy (non-hydrogen) atoms. The summed E-state index contributed by atoms with van der Waals surface area (Å²) in [5.74, 6) is -0.679. The smallest absolute Gasteiger partial charge is 0.254 e. The SMILES string of the molecule is Cn1cnc(S(=O)N(CC(F)F)C2CCC3=Cc4c(cnn4-c4ccc(F)cc4)CC3(C(=O)c3cc(Cl)ccn3)C2)n1. The molecule has 0 radical (unpaired) electrons. The minimum atomic E-state index is -2.78. The molecule has 3 aromatic heterocycles. The Morgan fingerprint density at radius 3 is 2.71 bits per heavy atom. The summed E-state index contributed by atoms with van der Waals surface area (Å²) in [6.07, 6.45) is 4.66. The summed E-state index contributed by atoms with van der Waals surface area (Å²) in [7, 11) is -0.485. The predicted octanol–water partition coefficient (Wildman–Crippen LogP) is 4.84. The number of allylic oxidation sites excluding steroid dienone is 1. The summed E-state index contributed by atoms with van der Waals surface area (Å²) in [4.78, 5) is 22.7. The van der Waals surface area contributed by atoms with Crippen LogP contribution < -0.4 is 0 Å². The Hall–Kier alpha value is -3.68. The lowest BCUT2D eigenvalue weighted by Crippen LogP contribution is -2.50. The number of fused-ring (bicyclic) bond motifs is 2. The molecule has 1 saturated carbocycles. The highest BCUT2D eigenvalue weighted by atomic mass is 35.5. The summed E-state index contributed by atoms with van der Waals surface area (Å²) in [6, 6.07) is 8.32. The monoisotopic (exact) mass is 615 g/mol. The average Bonchev–Trinajstić information content (AvgIpc) is 3.59. The van der Waals surface area contributed by atoms with E-state index in [-0.39, 0.29) is 35.3 Å². The molecule has 4 aromatic rings. The largest absolute Gasteiger partial charge is 0.291 e.